The molecule has 1 unspecified atom stereocenters. The molecule has 3 heterocycles. The maximum Gasteiger partial charge on any atom is 0.251 e. The van der Waals surface area contributed by atoms with Crippen LogP contribution in [0.5, 0.6) is 0 Å². The first-order valence-corrected chi connectivity index (χ1v) is 8.77. The summed E-state index contributed by atoms with van der Waals surface area (Å²) in [5.74, 6) is 0.247. The van der Waals surface area contributed by atoms with Gasteiger partial charge in [0, 0.05) is 17.9 Å². The summed E-state index contributed by atoms with van der Waals surface area (Å²) in [6, 6.07) is 4.41. The van der Waals surface area contributed by atoms with E-state index in [-0.39, 0.29) is 24.2 Å². The van der Waals surface area contributed by atoms with E-state index in [1.807, 2.05) is 0 Å². The van der Waals surface area contributed by atoms with E-state index in [0.717, 1.165) is 45.1 Å². The van der Waals surface area contributed by atoms with E-state index >= 15 is 0 Å². The number of nitrogens with zero attached hydrogens (tertiary/aromatic N) is 1. The topological polar surface area (TPSA) is 38.8 Å². The highest BCUT2D eigenvalue weighted by molar-refractivity contribution is 7.09. The Morgan fingerprint density at radius 1 is 1.48 bits per heavy atom. The number of β-lactam (4-membered cyclic amide) rings is 1. The Bertz CT molecular complexity index is 456. The average molecular weight is 309 g/mol. The van der Waals surface area contributed by atoms with Gasteiger partial charge in [0.1, 0.15) is 0 Å². The Balaban J connectivity index is 1.41. The van der Waals surface area contributed by atoms with Crippen molar-refractivity contribution < 1.29 is 14.4 Å². The normalized spacial score (nSPS) is 29.5. The Hall–Kier alpha value is -0.910. The van der Waals surface area contributed by atoms with E-state index in [1.165, 1.54) is 9.94 Å². The number of carbonyl (C=O) groups is 1. The standard InChI is InChI=1S/C16H23NO3S/c1-12-14(8-4-6-13-7-5-11-21-13)16(18)17(12)20-15-9-2-3-10-19-15/h5,7,11-12,14-15H,2-4,6,8-10H2,1H3/t12-,14+,15?/m0/s1. The van der Waals surface area contributed by atoms with Gasteiger partial charge in [-0.1, -0.05) is 6.07 Å². The monoisotopic (exact) mass is 309 g/mol. The molecule has 0 aliphatic carbocycles. The molecule has 0 spiro atoms. The zero-order valence-electron chi connectivity index (χ0n) is 12.5. The number of ether oxygens (including phenoxy) is 1. The molecule has 0 saturated carbocycles. The van der Waals surface area contributed by atoms with Crippen molar-refractivity contribution in [1.29, 1.82) is 0 Å². The molecule has 0 N–H and O–H groups in total. The largest absolute Gasteiger partial charge is 0.350 e. The Morgan fingerprint density at radius 2 is 2.38 bits per heavy atom. The number of hydrogen-bond donors (Lipinski definition) is 0. The lowest BCUT2D eigenvalue weighted by Gasteiger charge is -2.45. The smallest absolute Gasteiger partial charge is 0.251 e. The number of hydrogen-bond acceptors (Lipinski definition) is 4. The van der Waals surface area contributed by atoms with Crippen molar-refractivity contribution in [3.8, 4) is 0 Å². The molecule has 0 bridgehead atoms. The summed E-state index contributed by atoms with van der Waals surface area (Å²) in [5, 5.41) is 3.64. The molecule has 116 valence electrons. The zero-order valence-corrected chi connectivity index (χ0v) is 13.3. The van der Waals surface area contributed by atoms with E-state index < -0.39 is 0 Å². The van der Waals surface area contributed by atoms with Gasteiger partial charge in [0.25, 0.3) is 5.91 Å². The van der Waals surface area contributed by atoms with Crippen molar-refractivity contribution >= 4 is 17.2 Å². The lowest BCUT2D eigenvalue weighted by atomic mass is 9.86. The van der Waals surface area contributed by atoms with Crippen molar-refractivity contribution in [3.05, 3.63) is 22.4 Å². The minimum atomic E-state index is -0.225. The van der Waals surface area contributed by atoms with E-state index in [0.29, 0.717) is 0 Å². The molecule has 1 aromatic rings. The summed E-state index contributed by atoms with van der Waals surface area (Å²) in [7, 11) is 0. The van der Waals surface area contributed by atoms with Gasteiger partial charge in [0.05, 0.1) is 12.0 Å². The van der Waals surface area contributed by atoms with Crippen LogP contribution >= 0.6 is 11.3 Å². The van der Waals surface area contributed by atoms with Crippen molar-refractivity contribution in [2.24, 2.45) is 5.92 Å². The summed E-state index contributed by atoms with van der Waals surface area (Å²) >= 11 is 1.79. The molecule has 4 nitrogen and oxygen atoms in total. The van der Waals surface area contributed by atoms with Gasteiger partial charge in [-0.25, -0.2) is 9.90 Å². The van der Waals surface area contributed by atoms with Crippen LogP contribution in [0.3, 0.4) is 0 Å². The van der Waals surface area contributed by atoms with Crippen LogP contribution in [0.4, 0.5) is 0 Å². The SMILES string of the molecule is C[C@H]1[C@@H](CCCc2cccs2)C(=O)N1OC1CCCCO1. The Kier molecular flexibility index (Phi) is 4.93. The molecule has 0 radical (unpaired) electrons. The van der Waals surface area contributed by atoms with E-state index in [2.05, 4.69) is 24.4 Å². The van der Waals surface area contributed by atoms with Crippen molar-refractivity contribution in [2.75, 3.05) is 6.61 Å². The quantitative estimate of drug-likeness (QED) is 0.756. The number of amides is 1. The maximum atomic E-state index is 12.2. The summed E-state index contributed by atoms with van der Waals surface area (Å²) in [5.41, 5.74) is 0. The van der Waals surface area contributed by atoms with Gasteiger partial charge in [-0.2, -0.15) is 0 Å². The molecule has 21 heavy (non-hydrogen) atoms. The van der Waals surface area contributed by atoms with Gasteiger partial charge in [-0.05, 0) is 50.5 Å². The second kappa shape index (κ2) is 6.90. The molecule has 2 saturated heterocycles. The third-order valence-corrected chi connectivity index (χ3v) is 5.31. The summed E-state index contributed by atoms with van der Waals surface area (Å²) in [4.78, 5) is 19.3. The van der Waals surface area contributed by atoms with Gasteiger partial charge >= 0.3 is 0 Å². The molecule has 1 aromatic heterocycles. The van der Waals surface area contributed by atoms with Crippen LogP contribution in [0.1, 0.15) is 43.9 Å². The average Bonchev–Trinajstić information content (AvgIpc) is 3.03. The van der Waals surface area contributed by atoms with Crippen LogP contribution in [-0.2, 0) is 20.8 Å². The van der Waals surface area contributed by atoms with Gasteiger partial charge in [-0.15, -0.1) is 11.3 Å². The zero-order chi connectivity index (χ0) is 14.7. The molecule has 5 heteroatoms. The van der Waals surface area contributed by atoms with Crippen LogP contribution in [-0.4, -0.2) is 29.9 Å². The van der Waals surface area contributed by atoms with Crippen LogP contribution in [0.2, 0.25) is 0 Å². The molecule has 2 aliphatic rings. The second-order valence-electron chi connectivity index (χ2n) is 5.88. The fourth-order valence-electron chi connectivity index (χ4n) is 3.04. The first kappa shape index (κ1) is 15.0. The molecular weight excluding hydrogens is 286 g/mol. The molecule has 2 fully saturated rings. The van der Waals surface area contributed by atoms with Crippen molar-refractivity contribution in [2.45, 2.75) is 57.8 Å². The molecule has 3 rings (SSSR count). The van der Waals surface area contributed by atoms with E-state index in [1.54, 1.807) is 11.3 Å². The van der Waals surface area contributed by atoms with E-state index in [4.69, 9.17) is 9.57 Å². The molecule has 2 aliphatic heterocycles. The van der Waals surface area contributed by atoms with Crippen LogP contribution < -0.4 is 0 Å². The highest BCUT2D eigenvalue weighted by Gasteiger charge is 2.46. The van der Waals surface area contributed by atoms with Crippen LogP contribution in [0, 0.1) is 5.92 Å². The Labute approximate surface area is 130 Å². The lowest BCUT2D eigenvalue weighted by Crippen LogP contribution is -2.60. The first-order chi connectivity index (χ1) is 10.3. The van der Waals surface area contributed by atoms with Gasteiger partial charge in [-0.3, -0.25) is 4.79 Å². The number of hydroxylamine groups is 2. The molecule has 1 amide bonds. The van der Waals surface area contributed by atoms with Gasteiger partial charge in [0.15, 0.2) is 6.29 Å². The molecule has 0 aromatic carbocycles. The highest BCUT2D eigenvalue weighted by Crippen LogP contribution is 2.33. The highest BCUT2D eigenvalue weighted by atomic mass is 32.1. The summed E-state index contributed by atoms with van der Waals surface area (Å²) < 4.78 is 5.53. The fraction of sp³-hybridized carbons (Fsp3) is 0.688. The predicted octanol–water partition coefficient (Wildman–Crippen LogP) is 3.38. The summed E-state index contributed by atoms with van der Waals surface area (Å²) in [6.07, 6.45) is 5.95. The third kappa shape index (κ3) is 3.47. The van der Waals surface area contributed by atoms with Crippen LogP contribution in [0.25, 0.3) is 0 Å². The van der Waals surface area contributed by atoms with Crippen molar-refractivity contribution in [3.63, 3.8) is 0 Å². The maximum absolute atomic E-state index is 12.2. The van der Waals surface area contributed by atoms with Crippen LogP contribution in [0.15, 0.2) is 17.5 Å². The second-order valence-corrected chi connectivity index (χ2v) is 6.92. The predicted molar refractivity (Wildman–Crippen MR) is 81.7 cm³/mol. The fourth-order valence-corrected chi connectivity index (χ4v) is 3.79. The van der Waals surface area contributed by atoms with Crippen molar-refractivity contribution in [1.82, 2.24) is 5.06 Å². The minimum absolute atomic E-state index is 0.119. The third-order valence-electron chi connectivity index (χ3n) is 4.37. The van der Waals surface area contributed by atoms with Gasteiger partial charge in [0.2, 0.25) is 0 Å². The van der Waals surface area contributed by atoms with Gasteiger partial charge < -0.3 is 4.74 Å². The number of rotatable bonds is 6. The minimum Gasteiger partial charge on any atom is -0.350 e. The molecule has 3 atom stereocenters. The first-order valence-electron chi connectivity index (χ1n) is 7.89. The lowest BCUT2D eigenvalue weighted by molar-refractivity contribution is -0.316. The number of thiophene rings is 1. The molecular formula is C16H23NO3S. The number of carbonyl (C=O) groups excluding carboxylic acids is 1. The number of aryl methyl sites for hydroxylation is 1. The summed E-state index contributed by atoms with van der Waals surface area (Å²) in [6.45, 7) is 2.81. The van der Waals surface area contributed by atoms with E-state index in [9.17, 15) is 4.79 Å². The Morgan fingerprint density at radius 3 is 3.05 bits per heavy atom.